The molecule has 1 aromatic carbocycles. The number of rotatable bonds is 6. The van der Waals surface area contributed by atoms with Crippen LogP contribution in [0.15, 0.2) is 48.8 Å². The molecule has 0 aliphatic rings. The highest BCUT2D eigenvalue weighted by Gasteiger charge is 2.15. The first kappa shape index (κ1) is 17.1. The first-order chi connectivity index (χ1) is 12.2. The fourth-order valence-electron chi connectivity index (χ4n) is 2.45. The molecular formula is C19H19N3O2S. The van der Waals surface area contributed by atoms with Crippen LogP contribution in [-0.2, 0) is 6.42 Å². The number of anilines is 1. The summed E-state index contributed by atoms with van der Waals surface area (Å²) in [5.41, 5.74) is 2.50. The zero-order chi connectivity index (χ0) is 17.6. The van der Waals surface area contributed by atoms with E-state index in [0.717, 1.165) is 34.7 Å². The fourth-order valence-corrected chi connectivity index (χ4v) is 3.53. The second kappa shape index (κ2) is 7.90. The number of carbonyl (C=O) groups is 1. The van der Waals surface area contributed by atoms with Gasteiger partial charge < -0.3 is 4.74 Å². The highest BCUT2D eigenvalue weighted by molar-refractivity contribution is 7.16. The zero-order valence-electron chi connectivity index (χ0n) is 14.2. The van der Waals surface area contributed by atoms with E-state index < -0.39 is 0 Å². The molecule has 2 aromatic heterocycles. The lowest BCUT2D eigenvalue weighted by molar-refractivity contribution is 0.102. The molecule has 0 spiro atoms. The third-order valence-electron chi connectivity index (χ3n) is 3.70. The summed E-state index contributed by atoms with van der Waals surface area (Å²) in [6.07, 6.45) is 5.14. The molecule has 0 saturated heterocycles. The predicted octanol–water partition coefficient (Wildman–Crippen LogP) is 4.42. The van der Waals surface area contributed by atoms with Gasteiger partial charge in [0.25, 0.3) is 5.91 Å². The topological polar surface area (TPSA) is 64.1 Å². The largest absolute Gasteiger partial charge is 0.497 e. The van der Waals surface area contributed by atoms with Crippen LogP contribution in [0.4, 0.5) is 5.13 Å². The average Bonchev–Trinajstić information content (AvgIpc) is 3.05. The summed E-state index contributed by atoms with van der Waals surface area (Å²) in [5, 5.41) is 3.49. The van der Waals surface area contributed by atoms with Crippen molar-refractivity contribution in [3.63, 3.8) is 0 Å². The molecule has 0 unspecified atom stereocenters. The standard InChI is InChI=1S/C19H19N3O2S/c1-3-4-16-17(13-5-7-15(24-2)8-6-13)21-19(25-16)22-18(23)14-9-11-20-12-10-14/h5-12H,3-4H2,1-2H3,(H,21,22,23). The summed E-state index contributed by atoms with van der Waals surface area (Å²) >= 11 is 1.52. The Morgan fingerprint density at radius 2 is 1.88 bits per heavy atom. The molecule has 3 rings (SSSR count). The highest BCUT2D eigenvalue weighted by Crippen LogP contribution is 2.33. The van der Waals surface area contributed by atoms with Gasteiger partial charge in [0.05, 0.1) is 12.8 Å². The molecule has 1 N–H and O–H groups in total. The van der Waals surface area contributed by atoms with Gasteiger partial charge in [0.1, 0.15) is 5.75 Å². The van der Waals surface area contributed by atoms with Crippen molar-refractivity contribution < 1.29 is 9.53 Å². The van der Waals surface area contributed by atoms with Crippen LogP contribution in [0, 0.1) is 0 Å². The van der Waals surface area contributed by atoms with Crippen molar-refractivity contribution in [2.75, 3.05) is 12.4 Å². The highest BCUT2D eigenvalue weighted by atomic mass is 32.1. The second-order valence-corrected chi connectivity index (χ2v) is 6.54. The molecule has 0 fully saturated rings. The number of aromatic nitrogens is 2. The Balaban J connectivity index is 1.87. The van der Waals surface area contributed by atoms with Gasteiger partial charge in [-0.1, -0.05) is 13.3 Å². The van der Waals surface area contributed by atoms with E-state index in [1.807, 2.05) is 24.3 Å². The number of benzene rings is 1. The van der Waals surface area contributed by atoms with E-state index >= 15 is 0 Å². The van der Waals surface area contributed by atoms with Gasteiger partial charge in [-0.25, -0.2) is 4.98 Å². The molecule has 0 atom stereocenters. The number of methoxy groups -OCH3 is 1. The zero-order valence-corrected chi connectivity index (χ0v) is 15.0. The number of ether oxygens (including phenoxy) is 1. The lowest BCUT2D eigenvalue weighted by Crippen LogP contribution is -2.11. The number of thiazole rings is 1. The Hall–Kier alpha value is -2.73. The van der Waals surface area contributed by atoms with Crippen LogP contribution < -0.4 is 10.1 Å². The van der Waals surface area contributed by atoms with Crippen LogP contribution >= 0.6 is 11.3 Å². The van der Waals surface area contributed by atoms with E-state index in [4.69, 9.17) is 4.74 Å². The Morgan fingerprint density at radius 1 is 1.16 bits per heavy atom. The minimum absolute atomic E-state index is 0.180. The summed E-state index contributed by atoms with van der Waals surface area (Å²) in [5.74, 6) is 0.628. The summed E-state index contributed by atoms with van der Waals surface area (Å²) in [6.45, 7) is 2.13. The third-order valence-corrected chi connectivity index (χ3v) is 4.73. The molecule has 128 valence electrons. The maximum atomic E-state index is 12.3. The molecular weight excluding hydrogens is 334 g/mol. The normalized spacial score (nSPS) is 10.5. The number of nitrogens with one attached hydrogen (secondary N) is 1. The number of hydrogen-bond donors (Lipinski definition) is 1. The number of aryl methyl sites for hydroxylation is 1. The molecule has 5 nitrogen and oxygen atoms in total. The minimum atomic E-state index is -0.180. The van der Waals surface area contributed by atoms with Crippen LogP contribution in [-0.4, -0.2) is 23.0 Å². The monoisotopic (exact) mass is 353 g/mol. The van der Waals surface area contributed by atoms with E-state index in [2.05, 4.69) is 22.2 Å². The van der Waals surface area contributed by atoms with Crippen molar-refractivity contribution in [1.29, 1.82) is 0 Å². The lowest BCUT2D eigenvalue weighted by Gasteiger charge is -2.03. The van der Waals surface area contributed by atoms with Gasteiger partial charge in [-0.05, 0) is 42.8 Å². The number of nitrogens with zero attached hydrogens (tertiary/aromatic N) is 2. The molecule has 25 heavy (non-hydrogen) atoms. The SMILES string of the molecule is CCCc1sc(NC(=O)c2ccncc2)nc1-c1ccc(OC)cc1. The van der Waals surface area contributed by atoms with Gasteiger partial charge in [0, 0.05) is 28.4 Å². The van der Waals surface area contributed by atoms with Crippen molar-refractivity contribution >= 4 is 22.4 Å². The fraction of sp³-hybridized carbons (Fsp3) is 0.211. The summed E-state index contributed by atoms with van der Waals surface area (Å²) in [7, 11) is 1.65. The number of carbonyl (C=O) groups excluding carboxylic acids is 1. The van der Waals surface area contributed by atoms with E-state index in [-0.39, 0.29) is 5.91 Å². The molecule has 0 bridgehead atoms. The van der Waals surface area contributed by atoms with Gasteiger partial charge in [-0.3, -0.25) is 15.1 Å². The Kier molecular flexibility index (Phi) is 5.40. The smallest absolute Gasteiger partial charge is 0.257 e. The Morgan fingerprint density at radius 3 is 2.52 bits per heavy atom. The van der Waals surface area contributed by atoms with Gasteiger partial charge in [-0.2, -0.15) is 0 Å². The lowest BCUT2D eigenvalue weighted by atomic mass is 10.1. The van der Waals surface area contributed by atoms with E-state index in [1.165, 1.54) is 11.3 Å². The quantitative estimate of drug-likeness (QED) is 0.712. The van der Waals surface area contributed by atoms with E-state index in [0.29, 0.717) is 10.7 Å². The molecule has 0 saturated carbocycles. The molecule has 3 aromatic rings. The van der Waals surface area contributed by atoms with Crippen molar-refractivity contribution in [2.45, 2.75) is 19.8 Å². The van der Waals surface area contributed by atoms with Crippen molar-refractivity contribution in [3.8, 4) is 17.0 Å². The molecule has 2 heterocycles. The van der Waals surface area contributed by atoms with Crippen LogP contribution in [0.2, 0.25) is 0 Å². The number of amides is 1. The van der Waals surface area contributed by atoms with Crippen LogP contribution in [0.5, 0.6) is 5.75 Å². The molecule has 1 amide bonds. The third kappa shape index (κ3) is 4.03. The number of pyridine rings is 1. The summed E-state index contributed by atoms with van der Waals surface area (Å²) < 4.78 is 5.21. The maximum Gasteiger partial charge on any atom is 0.257 e. The molecule has 0 aliphatic heterocycles. The Bertz CT molecular complexity index is 845. The van der Waals surface area contributed by atoms with Gasteiger partial charge in [0.2, 0.25) is 0 Å². The second-order valence-electron chi connectivity index (χ2n) is 5.46. The Labute approximate surface area is 150 Å². The van der Waals surface area contributed by atoms with Crippen molar-refractivity contribution in [3.05, 3.63) is 59.2 Å². The van der Waals surface area contributed by atoms with Gasteiger partial charge in [-0.15, -0.1) is 11.3 Å². The molecule has 6 heteroatoms. The van der Waals surface area contributed by atoms with E-state index in [9.17, 15) is 4.79 Å². The summed E-state index contributed by atoms with van der Waals surface area (Å²) in [4.78, 5) is 22.1. The molecule has 0 aliphatic carbocycles. The van der Waals surface area contributed by atoms with Crippen molar-refractivity contribution in [1.82, 2.24) is 9.97 Å². The maximum absolute atomic E-state index is 12.3. The predicted molar refractivity (Wildman–Crippen MR) is 100 cm³/mol. The van der Waals surface area contributed by atoms with Gasteiger partial charge in [0.15, 0.2) is 5.13 Å². The summed E-state index contributed by atoms with van der Waals surface area (Å²) in [6, 6.07) is 11.2. The van der Waals surface area contributed by atoms with Crippen LogP contribution in [0.25, 0.3) is 11.3 Å². The minimum Gasteiger partial charge on any atom is -0.497 e. The van der Waals surface area contributed by atoms with Gasteiger partial charge >= 0.3 is 0 Å². The molecule has 0 radical (unpaired) electrons. The first-order valence-corrected chi connectivity index (χ1v) is 8.88. The average molecular weight is 353 g/mol. The number of hydrogen-bond acceptors (Lipinski definition) is 5. The van der Waals surface area contributed by atoms with Crippen LogP contribution in [0.1, 0.15) is 28.6 Å². The van der Waals surface area contributed by atoms with Crippen molar-refractivity contribution in [2.24, 2.45) is 0 Å². The van der Waals surface area contributed by atoms with E-state index in [1.54, 1.807) is 31.6 Å². The first-order valence-electron chi connectivity index (χ1n) is 8.06. The van der Waals surface area contributed by atoms with Crippen LogP contribution in [0.3, 0.4) is 0 Å².